The number of non-ortho nitro benzene ring substituents is 1. The summed E-state index contributed by atoms with van der Waals surface area (Å²) in [6.07, 6.45) is 4.48. The molecule has 5 nitrogen and oxygen atoms in total. The van der Waals surface area contributed by atoms with Gasteiger partial charge in [0.05, 0.1) is 10.5 Å². The average molecular weight is 264 g/mol. The fourth-order valence-corrected chi connectivity index (χ4v) is 2.01. The normalized spacial score (nSPS) is 14.5. The number of nitro benzene ring substituents is 1. The molecule has 1 aliphatic heterocycles. The lowest BCUT2D eigenvalue weighted by atomic mass is 10.1. The van der Waals surface area contributed by atoms with Crippen LogP contribution in [0.25, 0.3) is 0 Å². The maximum Gasteiger partial charge on any atom is 0.270 e. The molecule has 2 rings (SSSR count). The molecule has 1 amide bonds. The Kier molecular flexibility index (Phi) is 3.59. The number of nitro groups is 1. The molecule has 1 heterocycles. The van der Waals surface area contributed by atoms with Crippen LogP contribution in [0.3, 0.4) is 0 Å². The number of hydrogen-bond acceptors (Lipinski definition) is 3. The fraction of sp³-hybridized carbons (Fsp3) is 0.308. The van der Waals surface area contributed by atoms with Crippen LogP contribution in [-0.4, -0.2) is 28.8 Å². The monoisotopic (exact) mass is 264 g/mol. The Morgan fingerprint density at radius 2 is 2.16 bits per heavy atom. The van der Waals surface area contributed by atoms with Crippen molar-refractivity contribution in [3.63, 3.8) is 0 Å². The van der Waals surface area contributed by atoms with Crippen molar-refractivity contribution in [1.29, 1.82) is 0 Å². The van der Waals surface area contributed by atoms with Gasteiger partial charge in [-0.15, -0.1) is 0 Å². The highest BCUT2D eigenvalue weighted by Gasteiger charge is 2.23. The quantitative estimate of drug-likeness (QED) is 0.468. The van der Waals surface area contributed by atoms with Crippen molar-refractivity contribution in [3.05, 3.63) is 51.3 Å². The first-order valence-corrected chi connectivity index (χ1v) is 5.89. The van der Waals surface area contributed by atoms with E-state index >= 15 is 0 Å². The van der Waals surface area contributed by atoms with Gasteiger partial charge in [-0.25, -0.2) is 4.39 Å². The summed E-state index contributed by atoms with van der Waals surface area (Å²) in [5, 5.41) is 10.8. The third kappa shape index (κ3) is 2.62. The molecule has 0 N–H and O–H groups in total. The average Bonchev–Trinajstić information content (AvgIpc) is 2.41. The molecule has 0 saturated heterocycles. The predicted molar refractivity (Wildman–Crippen MR) is 67.5 cm³/mol. The van der Waals surface area contributed by atoms with Gasteiger partial charge < -0.3 is 4.90 Å². The van der Waals surface area contributed by atoms with E-state index in [4.69, 9.17) is 0 Å². The first-order chi connectivity index (χ1) is 9.00. The molecule has 1 aliphatic rings. The molecule has 100 valence electrons. The molecular formula is C13H13FN2O3. The van der Waals surface area contributed by atoms with Crippen LogP contribution >= 0.6 is 0 Å². The highest BCUT2D eigenvalue weighted by Crippen LogP contribution is 2.22. The van der Waals surface area contributed by atoms with E-state index in [1.807, 2.05) is 12.2 Å². The Hall–Kier alpha value is -2.24. The van der Waals surface area contributed by atoms with E-state index in [1.165, 1.54) is 11.8 Å². The van der Waals surface area contributed by atoms with E-state index in [1.54, 1.807) is 0 Å². The molecule has 0 spiro atoms. The highest BCUT2D eigenvalue weighted by atomic mass is 19.1. The Morgan fingerprint density at radius 3 is 2.74 bits per heavy atom. The van der Waals surface area contributed by atoms with Crippen LogP contribution < -0.4 is 0 Å². The number of carbonyl (C=O) groups excluding carboxylic acids is 1. The third-order valence-corrected chi connectivity index (χ3v) is 3.03. The molecule has 0 aromatic heterocycles. The largest absolute Gasteiger partial charge is 0.335 e. The molecule has 0 atom stereocenters. The molecule has 0 saturated carbocycles. The van der Waals surface area contributed by atoms with Crippen LogP contribution in [0.15, 0.2) is 24.3 Å². The predicted octanol–water partition coefficient (Wildman–Crippen LogP) is 2.44. The van der Waals surface area contributed by atoms with Crippen LogP contribution in [0.4, 0.5) is 10.1 Å². The maximum atomic E-state index is 14.0. The molecule has 19 heavy (non-hydrogen) atoms. The van der Waals surface area contributed by atoms with Crippen LogP contribution in [0.2, 0.25) is 0 Å². The minimum Gasteiger partial charge on any atom is -0.335 e. The zero-order chi connectivity index (χ0) is 14.0. The Morgan fingerprint density at radius 1 is 1.42 bits per heavy atom. The summed E-state index contributed by atoms with van der Waals surface area (Å²) in [4.78, 5) is 23.8. The van der Waals surface area contributed by atoms with E-state index in [0.717, 1.165) is 12.1 Å². The molecule has 6 heteroatoms. The molecule has 0 radical (unpaired) electrons. The van der Waals surface area contributed by atoms with Crippen LogP contribution in [0.5, 0.6) is 0 Å². The first kappa shape index (κ1) is 13.2. The lowest BCUT2D eigenvalue weighted by Gasteiger charge is -2.23. The number of carbonyl (C=O) groups is 1. The van der Waals surface area contributed by atoms with Gasteiger partial charge in [0.1, 0.15) is 5.82 Å². The second-order valence-corrected chi connectivity index (χ2v) is 4.39. The molecule has 1 aromatic rings. The summed E-state index contributed by atoms with van der Waals surface area (Å²) in [6, 6.07) is 2.13. The lowest BCUT2D eigenvalue weighted by Crippen LogP contribution is -2.34. The maximum absolute atomic E-state index is 14.0. The van der Waals surface area contributed by atoms with Crippen molar-refractivity contribution in [3.8, 4) is 0 Å². The van der Waals surface area contributed by atoms with E-state index in [2.05, 4.69) is 0 Å². The number of aryl methyl sites for hydroxylation is 1. The van der Waals surface area contributed by atoms with Gasteiger partial charge in [-0.3, -0.25) is 14.9 Å². The van der Waals surface area contributed by atoms with Gasteiger partial charge in [-0.1, -0.05) is 12.2 Å². The summed E-state index contributed by atoms with van der Waals surface area (Å²) in [5.41, 5.74) is -0.401. The first-order valence-electron chi connectivity index (χ1n) is 5.89. The van der Waals surface area contributed by atoms with E-state index in [0.29, 0.717) is 19.5 Å². The smallest absolute Gasteiger partial charge is 0.270 e. The summed E-state index contributed by atoms with van der Waals surface area (Å²) < 4.78 is 14.0. The van der Waals surface area contributed by atoms with E-state index in [9.17, 15) is 19.3 Å². The summed E-state index contributed by atoms with van der Waals surface area (Å²) >= 11 is 0. The number of hydrogen-bond donors (Lipinski definition) is 0. The number of nitrogens with zero attached hydrogens (tertiary/aromatic N) is 2. The summed E-state index contributed by atoms with van der Waals surface area (Å²) in [5.74, 6) is -1.20. The van der Waals surface area contributed by atoms with Gasteiger partial charge in [0.25, 0.3) is 11.6 Å². The van der Waals surface area contributed by atoms with Gasteiger partial charge >= 0.3 is 0 Å². The van der Waals surface area contributed by atoms with Crippen molar-refractivity contribution in [2.45, 2.75) is 13.3 Å². The van der Waals surface area contributed by atoms with Crippen LogP contribution in [0, 0.1) is 22.9 Å². The Labute approximate surface area is 109 Å². The minimum atomic E-state index is -0.690. The Balaban J connectivity index is 2.40. The third-order valence-electron chi connectivity index (χ3n) is 3.03. The molecule has 0 bridgehead atoms. The van der Waals surface area contributed by atoms with Crippen molar-refractivity contribution in [2.75, 3.05) is 13.1 Å². The van der Waals surface area contributed by atoms with Gasteiger partial charge in [-0.2, -0.15) is 0 Å². The molecular weight excluding hydrogens is 251 g/mol. The second-order valence-electron chi connectivity index (χ2n) is 4.39. The zero-order valence-corrected chi connectivity index (χ0v) is 10.4. The van der Waals surface area contributed by atoms with Gasteiger partial charge in [0.2, 0.25) is 0 Å². The fourth-order valence-electron chi connectivity index (χ4n) is 2.01. The number of halogens is 1. The van der Waals surface area contributed by atoms with Crippen molar-refractivity contribution >= 4 is 11.6 Å². The minimum absolute atomic E-state index is 0.102. The van der Waals surface area contributed by atoms with E-state index < -0.39 is 16.6 Å². The van der Waals surface area contributed by atoms with Gasteiger partial charge in [0.15, 0.2) is 0 Å². The molecule has 0 unspecified atom stereocenters. The van der Waals surface area contributed by atoms with Crippen molar-refractivity contribution < 1.29 is 14.1 Å². The summed E-state index contributed by atoms with van der Waals surface area (Å²) in [7, 11) is 0. The topological polar surface area (TPSA) is 63.5 Å². The van der Waals surface area contributed by atoms with Gasteiger partial charge in [-0.05, 0) is 18.9 Å². The van der Waals surface area contributed by atoms with Crippen molar-refractivity contribution in [1.82, 2.24) is 4.90 Å². The van der Waals surface area contributed by atoms with E-state index in [-0.39, 0.29) is 16.8 Å². The van der Waals surface area contributed by atoms with Crippen LogP contribution in [0.1, 0.15) is 22.3 Å². The molecule has 1 aromatic carbocycles. The van der Waals surface area contributed by atoms with Crippen LogP contribution in [-0.2, 0) is 0 Å². The number of amides is 1. The molecule has 0 fully saturated rings. The van der Waals surface area contributed by atoms with Gasteiger partial charge in [0, 0.05) is 25.2 Å². The Bertz CT molecular complexity index is 569. The highest BCUT2D eigenvalue weighted by molar-refractivity contribution is 5.95. The molecule has 0 aliphatic carbocycles. The lowest BCUT2D eigenvalue weighted by molar-refractivity contribution is -0.385. The van der Waals surface area contributed by atoms with Crippen molar-refractivity contribution in [2.24, 2.45) is 0 Å². The SMILES string of the molecule is Cc1cc([N+](=O)[O-])cc(C(=O)N2CC=CCC2)c1F. The zero-order valence-electron chi connectivity index (χ0n) is 10.4. The second kappa shape index (κ2) is 5.17. The standard InChI is InChI=1S/C13H13FN2O3/c1-9-7-10(16(18)19)8-11(12(9)14)13(17)15-5-3-2-4-6-15/h2-3,7-8H,4-6H2,1H3. The summed E-state index contributed by atoms with van der Waals surface area (Å²) in [6.45, 7) is 2.31. The number of benzene rings is 1. The number of rotatable bonds is 2.